The molecule has 13 heteroatoms. The highest BCUT2D eigenvalue weighted by Gasteiger charge is 2.38. The number of amides is 3. The maximum Gasteiger partial charge on any atom is 0.416 e. The quantitative estimate of drug-likeness (QED) is 0.284. The van der Waals surface area contributed by atoms with E-state index in [9.17, 15) is 40.7 Å². The van der Waals surface area contributed by atoms with Crippen LogP contribution in [-0.2, 0) is 35.4 Å². The maximum absolute atomic E-state index is 13.5. The predicted octanol–water partition coefficient (Wildman–Crippen LogP) is 5.24. The zero-order valence-electron chi connectivity index (χ0n) is 23.4. The number of alkyl halides is 6. The largest absolute Gasteiger partial charge is 0.416 e. The van der Waals surface area contributed by atoms with E-state index < -0.39 is 52.9 Å². The Kier molecular flexibility index (Phi) is 9.21. The van der Waals surface area contributed by atoms with Gasteiger partial charge in [-0.1, -0.05) is 24.3 Å². The Labute approximate surface area is 243 Å². The molecule has 0 aliphatic carbocycles. The molecule has 43 heavy (non-hydrogen) atoms. The van der Waals surface area contributed by atoms with Gasteiger partial charge in [0.2, 0.25) is 11.8 Å². The highest BCUT2D eigenvalue weighted by atomic mass is 19.4. The van der Waals surface area contributed by atoms with Gasteiger partial charge in [0.25, 0.3) is 5.91 Å². The van der Waals surface area contributed by atoms with Crippen molar-refractivity contribution in [2.75, 3.05) is 13.6 Å². The van der Waals surface area contributed by atoms with Crippen LogP contribution in [0.5, 0.6) is 0 Å². The molecular weight excluding hydrogens is 578 g/mol. The number of carbonyl (C=O) groups excluding carboxylic acids is 3. The van der Waals surface area contributed by atoms with Crippen LogP contribution in [0, 0.1) is 0 Å². The van der Waals surface area contributed by atoms with Gasteiger partial charge in [-0.05, 0) is 55.5 Å². The van der Waals surface area contributed by atoms with Gasteiger partial charge in [-0.3, -0.25) is 14.4 Å². The smallest absolute Gasteiger partial charge is 0.354 e. The van der Waals surface area contributed by atoms with Crippen LogP contribution >= 0.6 is 0 Å². The first kappa shape index (κ1) is 31.6. The molecule has 2 N–H and O–H groups in total. The summed E-state index contributed by atoms with van der Waals surface area (Å²) in [4.78, 5) is 39.5. The lowest BCUT2D eigenvalue weighted by Gasteiger charge is -2.27. The number of hydrogen-bond acceptors (Lipinski definition) is 3. The molecule has 1 aliphatic heterocycles. The number of halogens is 6. The predicted molar refractivity (Wildman–Crippen MR) is 147 cm³/mol. The summed E-state index contributed by atoms with van der Waals surface area (Å²) in [6, 6.07) is 6.33. The summed E-state index contributed by atoms with van der Waals surface area (Å²) in [5.74, 6) is -2.07. The minimum absolute atomic E-state index is 0.0434. The van der Waals surface area contributed by atoms with Gasteiger partial charge in [-0.15, -0.1) is 0 Å². The summed E-state index contributed by atoms with van der Waals surface area (Å²) in [7, 11) is 3.05. The lowest BCUT2D eigenvalue weighted by molar-refractivity contribution is -0.143. The van der Waals surface area contributed by atoms with E-state index in [0.717, 1.165) is 33.9 Å². The Morgan fingerprint density at radius 1 is 1.07 bits per heavy atom. The second-order valence-corrected chi connectivity index (χ2v) is 10.5. The van der Waals surface area contributed by atoms with Gasteiger partial charge in [0.1, 0.15) is 6.04 Å². The number of rotatable bonds is 7. The zero-order valence-corrected chi connectivity index (χ0v) is 23.4. The van der Waals surface area contributed by atoms with E-state index in [0.29, 0.717) is 31.5 Å². The second-order valence-electron chi connectivity index (χ2n) is 10.5. The minimum Gasteiger partial charge on any atom is -0.354 e. The molecule has 0 unspecified atom stereocenters. The van der Waals surface area contributed by atoms with E-state index >= 15 is 0 Å². The fourth-order valence-corrected chi connectivity index (χ4v) is 5.08. The van der Waals surface area contributed by atoms with Gasteiger partial charge in [-0.25, -0.2) is 0 Å². The highest BCUT2D eigenvalue weighted by Crippen LogP contribution is 2.36. The van der Waals surface area contributed by atoms with Gasteiger partial charge in [-0.2, -0.15) is 26.3 Å². The lowest BCUT2D eigenvalue weighted by atomic mass is 10.0. The van der Waals surface area contributed by atoms with Crippen LogP contribution in [0.4, 0.5) is 26.3 Å². The number of benzene rings is 2. The van der Waals surface area contributed by atoms with Crippen LogP contribution < -0.4 is 10.6 Å². The van der Waals surface area contributed by atoms with Gasteiger partial charge in [0.15, 0.2) is 0 Å². The third-order valence-corrected chi connectivity index (χ3v) is 7.38. The molecule has 1 saturated heterocycles. The molecule has 2 atom stereocenters. The van der Waals surface area contributed by atoms with Crippen molar-refractivity contribution in [2.45, 2.75) is 50.1 Å². The van der Waals surface area contributed by atoms with Crippen molar-refractivity contribution >= 4 is 28.6 Å². The molecule has 0 saturated carbocycles. The van der Waals surface area contributed by atoms with E-state index in [-0.39, 0.29) is 18.4 Å². The molecule has 1 aliphatic rings. The first-order valence-electron chi connectivity index (χ1n) is 13.5. The topological polar surface area (TPSA) is 83.4 Å². The molecule has 2 heterocycles. The van der Waals surface area contributed by atoms with Crippen molar-refractivity contribution in [3.63, 3.8) is 0 Å². The molecule has 0 radical (unpaired) electrons. The standard InChI is InChI=1S/C30H30F6N4O3/c1-39-17-19(23-7-3-4-9-25(23)39)15-22(10-11-26(41)38-24-8-5-6-12-37-27(24)42)40(2)28(43)18-13-20(29(31,32)33)16-21(14-18)30(34,35)36/h3-4,7,9-11,13-14,16-17,22,24H,5-6,8,12,15H2,1-2H3,(H,37,42)(H,38,41)/b11-10+/t22-,24+/m0/s1. The van der Waals surface area contributed by atoms with Crippen molar-refractivity contribution in [3.05, 3.63) is 83.1 Å². The number of nitrogens with one attached hydrogen (secondary N) is 2. The third-order valence-electron chi connectivity index (χ3n) is 7.38. The lowest BCUT2D eigenvalue weighted by Crippen LogP contribution is -2.45. The summed E-state index contributed by atoms with van der Waals surface area (Å²) < 4.78 is 82.7. The van der Waals surface area contributed by atoms with Crippen LogP contribution in [0.25, 0.3) is 10.9 Å². The average Bonchev–Trinajstić information content (AvgIpc) is 3.12. The summed E-state index contributed by atoms with van der Waals surface area (Å²) in [5.41, 5.74) is -2.43. The van der Waals surface area contributed by atoms with Crippen molar-refractivity contribution in [3.8, 4) is 0 Å². The first-order valence-corrected chi connectivity index (χ1v) is 13.5. The molecule has 3 amide bonds. The SMILES string of the molecule is CN(C(=O)c1cc(C(F)(F)F)cc(C(F)(F)F)c1)[C@@H](/C=C/C(=O)N[C@@H]1CCCCNC1=O)Cc1cn(C)c2ccccc12. The molecule has 1 aromatic heterocycles. The van der Waals surface area contributed by atoms with Crippen LogP contribution in [0.2, 0.25) is 0 Å². The van der Waals surface area contributed by atoms with Crippen molar-refractivity contribution in [2.24, 2.45) is 7.05 Å². The van der Waals surface area contributed by atoms with Gasteiger partial charge in [0, 0.05) is 49.4 Å². The summed E-state index contributed by atoms with van der Waals surface area (Å²) >= 11 is 0. The van der Waals surface area contributed by atoms with Gasteiger partial charge < -0.3 is 20.1 Å². The Balaban J connectivity index is 1.68. The number of hydrogen-bond donors (Lipinski definition) is 2. The number of aromatic nitrogens is 1. The van der Waals surface area contributed by atoms with E-state index in [1.165, 1.54) is 13.1 Å². The fourth-order valence-electron chi connectivity index (χ4n) is 5.08. The average molecular weight is 609 g/mol. The number of aryl methyl sites for hydroxylation is 1. The van der Waals surface area contributed by atoms with Crippen molar-refractivity contribution in [1.29, 1.82) is 0 Å². The van der Waals surface area contributed by atoms with E-state index in [1.807, 2.05) is 22.8 Å². The molecule has 1 fully saturated rings. The number of carbonyl (C=O) groups is 3. The van der Waals surface area contributed by atoms with E-state index in [4.69, 9.17) is 0 Å². The zero-order chi connectivity index (χ0) is 31.5. The monoisotopic (exact) mass is 608 g/mol. The Morgan fingerprint density at radius 2 is 1.72 bits per heavy atom. The van der Waals surface area contributed by atoms with Crippen LogP contribution in [0.15, 0.2) is 60.8 Å². The molecular formula is C30H30F6N4O3. The number of fused-ring (bicyclic) bond motifs is 1. The Morgan fingerprint density at radius 3 is 2.37 bits per heavy atom. The Bertz CT molecular complexity index is 1510. The van der Waals surface area contributed by atoms with Gasteiger partial charge >= 0.3 is 12.4 Å². The molecule has 3 aromatic rings. The highest BCUT2D eigenvalue weighted by molar-refractivity contribution is 5.96. The van der Waals surface area contributed by atoms with Crippen molar-refractivity contribution < 1.29 is 40.7 Å². The molecule has 2 aromatic carbocycles. The number of likely N-dealkylation sites (N-methyl/N-ethyl adjacent to an activating group) is 1. The van der Waals surface area contributed by atoms with Crippen LogP contribution in [0.3, 0.4) is 0 Å². The minimum atomic E-state index is -5.13. The van der Waals surface area contributed by atoms with Crippen LogP contribution in [-0.4, -0.2) is 52.9 Å². The summed E-state index contributed by atoms with van der Waals surface area (Å²) in [5, 5.41) is 6.14. The summed E-state index contributed by atoms with van der Waals surface area (Å²) in [6.45, 7) is 0.493. The molecule has 0 spiro atoms. The fraction of sp³-hybridized carbons (Fsp3) is 0.367. The Hall–Kier alpha value is -4.29. The molecule has 7 nitrogen and oxygen atoms in total. The van der Waals surface area contributed by atoms with Crippen molar-refractivity contribution in [1.82, 2.24) is 20.1 Å². The molecule has 230 valence electrons. The summed E-state index contributed by atoms with van der Waals surface area (Å²) in [6.07, 6.45) is -3.99. The van der Waals surface area contributed by atoms with E-state index in [2.05, 4.69) is 10.6 Å². The van der Waals surface area contributed by atoms with Gasteiger partial charge in [0.05, 0.1) is 17.2 Å². The maximum atomic E-state index is 13.5. The third kappa shape index (κ3) is 7.57. The first-order chi connectivity index (χ1) is 20.1. The van der Waals surface area contributed by atoms with E-state index in [1.54, 1.807) is 19.3 Å². The molecule has 0 bridgehead atoms. The molecule has 4 rings (SSSR count). The normalized spacial score (nSPS) is 17.0. The number of para-hydroxylation sites is 1. The van der Waals surface area contributed by atoms with Crippen LogP contribution in [0.1, 0.15) is 46.3 Å². The second kappa shape index (κ2) is 12.5. The number of nitrogens with zero attached hydrogens (tertiary/aromatic N) is 2.